The number of amides is 1. The summed E-state index contributed by atoms with van der Waals surface area (Å²) in [7, 11) is 0. The third-order valence-electron chi connectivity index (χ3n) is 4.65. The monoisotopic (exact) mass is 304 g/mol. The molecule has 2 aliphatic rings. The second kappa shape index (κ2) is 6.62. The van der Waals surface area contributed by atoms with Gasteiger partial charge in [0, 0.05) is 62.6 Å². The van der Waals surface area contributed by atoms with Crippen molar-refractivity contribution in [2.24, 2.45) is 0 Å². The van der Waals surface area contributed by atoms with Crippen LogP contribution < -0.4 is 10.9 Å². The standard InChI is InChI=1S/C16H24N4O2/c1-2-13-9-12(10-15(21)18-13)16(22)20-6-3-14(11-20)19-7-4-17-5-8-19/h9-10,14,17H,2-8,11H2,1H3,(H,18,21)/t14-/m0/s1. The molecule has 2 aliphatic heterocycles. The lowest BCUT2D eigenvalue weighted by molar-refractivity contribution is 0.0773. The number of aryl methyl sites for hydroxylation is 1. The normalized spacial score (nSPS) is 23.0. The average molecular weight is 304 g/mol. The van der Waals surface area contributed by atoms with Crippen LogP contribution in [0, 0.1) is 0 Å². The number of piperazine rings is 1. The number of H-pyrrole nitrogens is 1. The maximum Gasteiger partial charge on any atom is 0.254 e. The Morgan fingerprint density at radius 2 is 2.05 bits per heavy atom. The Bertz CT molecular complexity index is 592. The van der Waals surface area contributed by atoms with Gasteiger partial charge in [-0.05, 0) is 18.9 Å². The number of aromatic nitrogens is 1. The zero-order valence-electron chi connectivity index (χ0n) is 13.1. The van der Waals surface area contributed by atoms with Gasteiger partial charge in [-0.25, -0.2) is 0 Å². The van der Waals surface area contributed by atoms with E-state index in [1.165, 1.54) is 6.07 Å². The molecule has 0 unspecified atom stereocenters. The molecule has 0 radical (unpaired) electrons. The van der Waals surface area contributed by atoms with E-state index in [9.17, 15) is 9.59 Å². The molecule has 2 N–H and O–H groups in total. The predicted octanol–water partition coefficient (Wildman–Crippen LogP) is 0.0570. The molecule has 1 aromatic rings. The first-order chi connectivity index (χ1) is 10.7. The largest absolute Gasteiger partial charge is 0.337 e. The van der Waals surface area contributed by atoms with Crippen molar-refractivity contribution in [1.29, 1.82) is 0 Å². The van der Waals surface area contributed by atoms with Crippen molar-refractivity contribution < 1.29 is 4.79 Å². The van der Waals surface area contributed by atoms with E-state index in [-0.39, 0.29) is 11.5 Å². The smallest absolute Gasteiger partial charge is 0.254 e. The lowest BCUT2D eigenvalue weighted by Crippen LogP contribution is -2.49. The number of nitrogens with zero attached hydrogens (tertiary/aromatic N) is 2. The van der Waals surface area contributed by atoms with E-state index < -0.39 is 0 Å². The Balaban J connectivity index is 1.68. The predicted molar refractivity (Wildman–Crippen MR) is 85.2 cm³/mol. The molecular formula is C16H24N4O2. The van der Waals surface area contributed by atoms with Gasteiger partial charge in [0.15, 0.2) is 0 Å². The van der Waals surface area contributed by atoms with Gasteiger partial charge in [-0.2, -0.15) is 0 Å². The molecule has 120 valence electrons. The van der Waals surface area contributed by atoms with Gasteiger partial charge < -0.3 is 15.2 Å². The highest BCUT2D eigenvalue weighted by molar-refractivity contribution is 5.94. The summed E-state index contributed by atoms with van der Waals surface area (Å²) in [5.41, 5.74) is 1.14. The first kappa shape index (κ1) is 15.2. The van der Waals surface area contributed by atoms with Crippen LogP contribution in [0.4, 0.5) is 0 Å². The Morgan fingerprint density at radius 1 is 1.27 bits per heavy atom. The highest BCUT2D eigenvalue weighted by Crippen LogP contribution is 2.18. The minimum absolute atomic E-state index is 0.0153. The molecule has 0 bridgehead atoms. The van der Waals surface area contributed by atoms with E-state index in [1.807, 2.05) is 17.9 Å². The number of aromatic amines is 1. The van der Waals surface area contributed by atoms with Crippen LogP contribution in [-0.2, 0) is 6.42 Å². The number of hydrogen-bond acceptors (Lipinski definition) is 4. The quantitative estimate of drug-likeness (QED) is 0.828. The van der Waals surface area contributed by atoms with Crippen molar-refractivity contribution in [1.82, 2.24) is 20.1 Å². The fourth-order valence-corrected chi connectivity index (χ4v) is 3.37. The van der Waals surface area contributed by atoms with Gasteiger partial charge in [0.05, 0.1) is 0 Å². The van der Waals surface area contributed by atoms with E-state index in [0.29, 0.717) is 11.6 Å². The Labute approximate surface area is 130 Å². The first-order valence-corrected chi connectivity index (χ1v) is 8.14. The summed E-state index contributed by atoms with van der Waals surface area (Å²) in [6, 6.07) is 3.68. The first-order valence-electron chi connectivity index (χ1n) is 8.14. The van der Waals surface area contributed by atoms with Gasteiger partial charge in [-0.15, -0.1) is 0 Å². The number of pyridine rings is 1. The molecule has 1 aromatic heterocycles. The molecule has 3 heterocycles. The maximum absolute atomic E-state index is 12.6. The Hall–Kier alpha value is -1.66. The summed E-state index contributed by atoms with van der Waals surface area (Å²) in [5, 5.41) is 3.36. The molecule has 1 atom stereocenters. The van der Waals surface area contributed by atoms with E-state index >= 15 is 0 Å². The van der Waals surface area contributed by atoms with Gasteiger partial charge in [-0.3, -0.25) is 14.5 Å². The van der Waals surface area contributed by atoms with Gasteiger partial charge in [0.1, 0.15) is 0 Å². The summed E-state index contributed by atoms with van der Waals surface area (Å²) >= 11 is 0. The lowest BCUT2D eigenvalue weighted by Gasteiger charge is -2.32. The number of hydrogen-bond donors (Lipinski definition) is 2. The molecule has 22 heavy (non-hydrogen) atoms. The summed E-state index contributed by atoms with van der Waals surface area (Å²) in [6.07, 6.45) is 1.75. The van der Waals surface area contributed by atoms with Crippen LogP contribution >= 0.6 is 0 Å². The fraction of sp³-hybridized carbons (Fsp3) is 0.625. The van der Waals surface area contributed by atoms with Crippen LogP contribution in [-0.4, -0.2) is 66.0 Å². The highest BCUT2D eigenvalue weighted by atomic mass is 16.2. The van der Waals surface area contributed by atoms with Crippen molar-refractivity contribution in [3.05, 3.63) is 33.7 Å². The molecule has 1 amide bonds. The summed E-state index contributed by atoms with van der Waals surface area (Å²) in [4.78, 5) is 31.4. The van der Waals surface area contributed by atoms with Crippen molar-refractivity contribution in [2.75, 3.05) is 39.3 Å². The summed E-state index contributed by atoms with van der Waals surface area (Å²) < 4.78 is 0. The second-order valence-corrected chi connectivity index (χ2v) is 6.09. The third-order valence-corrected chi connectivity index (χ3v) is 4.65. The number of rotatable bonds is 3. The number of carbonyl (C=O) groups is 1. The molecule has 2 fully saturated rings. The number of nitrogens with one attached hydrogen (secondary N) is 2. The molecule has 6 heteroatoms. The van der Waals surface area contributed by atoms with Crippen LogP contribution in [0.2, 0.25) is 0 Å². The zero-order chi connectivity index (χ0) is 15.5. The van der Waals surface area contributed by atoms with E-state index in [2.05, 4.69) is 15.2 Å². The van der Waals surface area contributed by atoms with Crippen LogP contribution in [0.3, 0.4) is 0 Å². The molecule has 6 nitrogen and oxygen atoms in total. The van der Waals surface area contributed by atoms with Crippen molar-refractivity contribution in [3.63, 3.8) is 0 Å². The second-order valence-electron chi connectivity index (χ2n) is 6.09. The summed E-state index contributed by atoms with van der Waals surface area (Å²) in [5.74, 6) is -0.0153. The van der Waals surface area contributed by atoms with Crippen LogP contribution in [0.25, 0.3) is 0 Å². The van der Waals surface area contributed by atoms with E-state index in [4.69, 9.17) is 0 Å². The lowest BCUT2D eigenvalue weighted by atomic mass is 10.2. The van der Waals surface area contributed by atoms with Gasteiger partial charge in [0.25, 0.3) is 5.91 Å². The van der Waals surface area contributed by atoms with Gasteiger partial charge in [-0.1, -0.05) is 6.92 Å². The maximum atomic E-state index is 12.6. The fourth-order valence-electron chi connectivity index (χ4n) is 3.37. The van der Waals surface area contributed by atoms with E-state index in [0.717, 1.165) is 57.8 Å². The Morgan fingerprint density at radius 3 is 2.77 bits per heavy atom. The SMILES string of the molecule is CCc1cc(C(=O)N2CC[C@H](N3CCNCC3)C2)cc(=O)[nH]1. The van der Waals surface area contributed by atoms with Gasteiger partial charge >= 0.3 is 0 Å². The van der Waals surface area contributed by atoms with Crippen LogP contribution in [0.15, 0.2) is 16.9 Å². The number of likely N-dealkylation sites (tertiary alicyclic amines) is 1. The highest BCUT2D eigenvalue weighted by Gasteiger charge is 2.31. The minimum Gasteiger partial charge on any atom is -0.337 e. The van der Waals surface area contributed by atoms with E-state index in [1.54, 1.807) is 0 Å². The van der Waals surface area contributed by atoms with Crippen LogP contribution in [0.1, 0.15) is 29.4 Å². The molecule has 0 saturated carbocycles. The molecule has 3 rings (SSSR count). The van der Waals surface area contributed by atoms with Crippen molar-refractivity contribution in [3.8, 4) is 0 Å². The molecule has 0 aliphatic carbocycles. The number of carbonyl (C=O) groups excluding carboxylic acids is 1. The van der Waals surface area contributed by atoms with Gasteiger partial charge in [0.2, 0.25) is 5.56 Å². The van der Waals surface area contributed by atoms with Crippen molar-refractivity contribution in [2.45, 2.75) is 25.8 Å². The zero-order valence-corrected chi connectivity index (χ0v) is 13.1. The molecular weight excluding hydrogens is 280 g/mol. The minimum atomic E-state index is -0.194. The van der Waals surface area contributed by atoms with Crippen molar-refractivity contribution >= 4 is 5.91 Å². The Kier molecular flexibility index (Phi) is 4.59. The third kappa shape index (κ3) is 3.23. The molecule has 0 spiro atoms. The van der Waals surface area contributed by atoms with Crippen LogP contribution in [0.5, 0.6) is 0 Å². The summed E-state index contributed by atoms with van der Waals surface area (Å²) in [6.45, 7) is 7.68. The topological polar surface area (TPSA) is 68.4 Å². The molecule has 2 saturated heterocycles. The molecule has 0 aromatic carbocycles. The average Bonchev–Trinajstić information content (AvgIpc) is 3.04.